The number of nitrogens with two attached hydrogens (primary N) is 1. The molecule has 1 aliphatic carbocycles. The molecule has 1 aliphatic rings. The van der Waals surface area contributed by atoms with E-state index in [2.05, 4.69) is 4.36 Å². The average molecular weight is 350 g/mol. The van der Waals surface area contributed by atoms with E-state index in [0.29, 0.717) is 4.90 Å². The van der Waals surface area contributed by atoms with Crippen molar-refractivity contribution >= 4 is 15.8 Å². The molecular formula is C18H26N2O3S. The van der Waals surface area contributed by atoms with Crippen molar-refractivity contribution in [2.75, 3.05) is 7.05 Å². The van der Waals surface area contributed by atoms with Crippen LogP contribution in [0.2, 0.25) is 0 Å². The molecule has 1 saturated carbocycles. The number of hydrogen-bond donors (Lipinski definition) is 1. The third-order valence-corrected chi connectivity index (χ3v) is 6.54. The molecule has 24 heavy (non-hydrogen) atoms. The van der Waals surface area contributed by atoms with Crippen LogP contribution in [0.3, 0.4) is 0 Å². The van der Waals surface area contributed by atoms with Crippen LogP contribution in [0.4, 0.5) is 4.79 Å². The van der Waals surface area contributed by atoms with Crippen LogP contribution in [0, 0.1) is 11.8 Å². The molecule has 0 heterocycles. The minimum absolute atomic E-state index is 0.0452. The van der Waals surface area contributed by atoms with Gasteiger partial charge >= 0.3 is 6.09 Å². The monoisotopic (exact) mass is 350 g/mol. The summed E-state index contributed by atoms with van der Waals surface area (Å²) in [6.45, 7) is 4.00. The summed E-state index contributed by atoms with van der Waals surface area (Å²) in [5.41, 5.74) is 6.28. The van der Waals surface area contributed by atoms with E-state index in [4.69, 9.17) is 10.5 Å². The van der Waals surface area contributed by atoms with Crippen LogP contribution < -0.4 is 5.73 Å². The predicted molar refractivity (Wildman–Crippen MR) is 95.9 cm³/mol. The Morgan fingerprint density at radius 1 is 1.38 bits per heavy atom. The molecule has 0 spiro atoms. The predicted octanol–water partition coefficient (Wildman–Crippen LogP) is 3.95. The third kappa shape index (κ3) is 4.17. The number of benzene rings is 1. The lowest BCUT2D eigenvalue weighted by molar-refractivity contribution is 0.0501. The van der Waals surface area contributed by atoms with Crippen molar-refractivity contribution in [3.05, 3.63) is 41.3 Å². The van der Waals surface area contributed by atoms with Gasteiger partial charge in [0.15, 0.2) is 0 Å². The van der Waals surface area contributed by atoms with Crippen LogP contribution in [0.25, 0.3) is 0 Å². The molecule has 0 aromatic heterocycles. The van der Waals surface area contributed by atoms with E-state index in [1.807, 2.05) is 44.2 Å². The normalized spacial score (nSPS) is 23.0. The summed E-state index contributed by atoms with van der Waals surface area (Å²) in [4.78, 5) is 11.9. The largest absolute Gasteiger partial charge is 0.445 e. The highest BCUT2D eigenvalue weighted by Gasteiger charge is 2.34. The highest BCUT2D eigenvalue weighted by Crippen LogP contribution is 2.38. The molecule has 0 aliphatic heterocycles. The lowest BCUT2D eigenvalue weighted by atomic mass is 9.89. The number of carbonyl (C=O) groups excluding carboxylic acids is 1. The molecule has 132 valence electrons. The number of hydrogen-bond acceptors (Lipinski definition) is 4. The number of ether oxygens (including phenoxy) is 1. The third-order valence-electron chi connectivity index (χ3n) is 4.43. The van der Waals surface area contributed by atoms with E-state index in [9.17, 15) is 9.00 Å². The van der Waals surface area contributed by atoms with Crippen LogP contribution in [-0.2, 0) is 14.5 Å². The summed E-state index contributed by atoms with van der Waals surface area (Å²) in [5, 5.41) is 1.79. The first kappa shape index (κ1) is 18.5. The van der Waals surface area contributed by atoms with Crippen LogP contribution in [-0.4, -0.2) is 23.5 Å². The van der Waals surface area contributed by atoms with Gasteiger partial charge in [-0.3, -0.25) is 0 Å². The fourth-order valence-electron chi connectivity index (χ4n) is 3.28. The Morgan fingerprint density at radius 2 is 2.04 bits per heavy atom. The van der Waals surface area contributed by atoms with Gasteiger partial charge in [0.2, 0.25) is 0 Å². The number of primary amides is 1. The fourth-order valence-corrected chi connectivity index (χ4v) is 4.98. The Bertz CT molecular complexity index is 719. The standard InChI is InChI=1S/C18H26N2O3S/c1-13(2)17(23-18(19)21)16-11-7-8-14(16)12-24(22,20-3)15-9-5-4-6-10-15/h4-6,9-10,12-13,16-17H,7-8,11H2,1-3H3,(H2,19,21)/b14-12-/t16-,17+,24?/m1/s1. The van der Waals surface area contributed by atoms with Crippen molar-refractivity contribution in [2.45, 2.75) is 44.1 Å². The molecule has 0 radical (unpaired) electrons. The molecule has 1 fully saturated rings. The van der Waals surface area contributed by atoms with Crippen LogP contribution in [0.15, 0.2) is 50.6 Å². The maximum absolute atomic E-state index is 13.3. The number of carbonyl (C=O) groups is 1. The second-order valence-electron chi connectivity index (χ2n) is 6.40. The first-order valence-corrected chi connectivity index (χ1v) is 9.82. The fraction of sp³-hybridized carbons (Fsp3) is 0.500. The maximum Gasteiger partial charge on any atom is 0.404 e. The van der Waals surface area contributed by atoms with Gasteiger partial charge in [0, 0.05) is 18.4 Å². The quantitative estimate of drug-likeness (QED) is 0.873. The van der Waals surface area contributed by atoms with Gasteiger partial charge in [-0.25, -0.2) is 13.4 Å². The number of amides is 1. The Labute approximate surface area is 144 Å². The summed E-state index contributed by atoms with van der Waals surface area (Å²) in [6, 6.07) is 9.27. The van der Waals surface area contributed by atoms with Gasteiger partial charge in [0.25, 0.3) is 0 Å². The second kappa shape index (κ2) is 7.83. The van der Waals surface area contributed by atoms with Gasteiger partial charge in [-0.2, -0.15) is 0 Å². The van der Waals surface area contributed by atoms with E-state index in [0.717, 1.165) is 24.8 Å². The van der Waals surface area contributed by atoms with E-state index in [1.54, 1.807) is 12.5 Å². The molecule has 1 amide bonds. The van der Waals surface area contributed by atoms with Gasteiger partial charge < -0.3 is 10.5 Å². The first-order valence-electron chi connectivity index (χ1n) is 8.24. The highest BCUT2D eigenvalue weighted by atomic mass is 32.2. The molecule has 1 unspecified atom stereocenters. The summed E-state index contributed by atoms with van der Waals surface area (Å²) >= 11 is 0. The average Bonchev–Trinajstić information content (AvgIpc) is 3.00. The number of nitrogens with zero attached hydrogens (tertiary/aromatic N) is 1. The van der Waals surface area contributed by atoms with E-state index in [1.165, 1.54) is 0 Å². The van der Waals surface area contributed by atoms with Crippen molar-refractivity contribution in [1.29, 1.82) is 0 Å². The molecule has 5 nitrogen and oxygen atoms in total. The zero-order chi connectivity index (χ0) is 17.7. The van der Waals surface area contributed by atoms with Gasteiger partial charge in [-0.15, -0.1) is 0 Å². The summed E-state index contributed by atoms with van der Waals surface area (Å²) < 4.78 is 22.8. The summed E-state index contributed by atoms with van der Waals surface area (Å²) in [5.74, 6) is 0.180. The van der Waals surface area contributed by atoms with Gasteiger partial charge in [-0.1, -0.05) is 37.6 Å². The summed E-state index contributed by atoms with van der Waals surface area (Å²) in [7, 11) is -1.04. The topological polar surface area (TPSA) is 81.8 Å². The smallest absolute Gasteiger partial charge is 0.404 e. The number of rotatable bonds is 5. The van der Waals surface area contributed by atoms with Crippen LogP contribution >= 0.6 is 0 Å². The lowest BCUT2D eigenvalue weighted by Gasteiger charge is -2.27. The highest BCUT2D eigenvalue weighted by molar-refractivity contribution is 7.96. The SMILES string of the molecule is CN=S(=O)(/C=C1/CCC[C@H]1[C@@H](OC(N)=O)C(C)C)c1ccccc1. The molecule has 0 saturated heterocycles. The van der Waals surface area contributed by atoms with Crippen molar-refractivity contribution in [3.8, 4) is 0 Å². The molecule has 1 aromatic carbocycles. The molecule has 1 aromatic rings. The van der Waals surface area contributed by atoms with Crippen molar-refractivity contribution in [3.63, 3.8) is 0 Å². The molecular weight excluding hydrogens is 324 g/mol. The maximum atomic E-state index is 13.3. The zero-order valence-corrected chi connectivity index (χ0v) is 15.3. The Kier molecular flexibility index (Phi) is 6.04. The minimum Gasteiger partial charge on any atom is -0.445 e. The Balaban J connectivity index is 2.40. The summed E-state index contributed by atoms with van der Waals surface area (Å²) in [6.07, 6.45) is 1.66. The first-order chi connectivity index (χ1) is 11.4. The van der Waals surface area contributed by atoms with Crippen LogP contribution in [0.5, 0.6) is 0 Å². The van der Waals surface area contributed by atoms with Gasteiger partial charge in [-0.05, 0) is 37.3 Å². The van der Waals surface area contributed by atoms with Crippen LogP contribution in [0.1, 0.15) is 33.1 Å². The van der Waals surface area contributed by atoms with Crippen molar-refractivity contribution in [2.24, 2.45) is 21.9 Å². The second-order valence-corrected chi connectivity index (χ2v) is 8.61. The zero-order valence-electron chi connectivity index (χ0n) is 14.5. The van der Waals surface area contributed by atoms with E-state index in [-0.39, 0.29) is 17.9 Å². The molecule has 3 atom stereocenters. The Hall–Kier alpha value is -1.82. The molecule has 6 heteroatoms. The van der Waals surface area contributed by atoms with Crippen molar-refractivity contribution < 1.29 is 13.7 Å². The van der Waals surface area contributed by atoms with E-state index >= 15 is 0 Å². The van der Waals surface area contributed by atoms with Crippen molar-refractivity contribution in [1.82, 2.24) is 0 Å². The molecule has 2 rings (SSSR count). The van der Waals surface area contributed by atoms with Gasteiger partial charge in [0.05, 0.1) is 14.6 Å². The van der Waals surface area contributed by atoms with Gasteiger partial charge in [0.1, 0.15) is 6.10 Å². The molecule has 2 N–H and O–H groups in total. The van der Waals surface area contributed by atoms with E-state index < -0.39 is 15.8 Å². The molecule has 0 bridgehead atoms. The Morgan fingerprint density at radius 3 is 2.58 bits per heavy atom. The minimum atomic E-state index is -2.62. The lowest BCUT2D eigenvalue weighted by Crippen LogP contribution is -2.33.